The second kappa shape index (κ2) is 7.30. The van der Waals surface area contributed by atoms with Gasteiger partial charge < -0.3 is 10.4 Å². The van der Waals surface area contributed by atoms with Crippen molar-refractivity contribution in [1.29, 1.82) is 0 Å². The highest BCUT2D eigenvalue weighted by Gasteiger charge is 2.52. The van der Waals surface area contributed by atoms with Crippen molar-refractivity contribution < 1.29 is 5.11 Å². The molecule has 2 nitrogen and oxygen atoms in total. The van der Waals surface area contributed by atoms with Gasteiger partial charge in [-0.15, -0.1) is 0 Å². The minimum atomic E-state index is -0.923. The van der Waals surface area contributed by atoms with Gasteiger partial charge in [0.2, 0.25) is 0 Å². The zero-order chi connectivity index (χ0) is 18.9. The normalized spacial score (nSPS) is 30.8. The Morgan fingerprint density at radius 3 is 1.41 bits per heavy atom. The monoisotopic (exact) mass is 357 g/mol. The lowest BCUT2D eigenvalue weighted by Gasteiger charge is -2.52. The molecule has 3 aromatic rings. The second-order valence-corrected chi connectivity index (χ2v) is 7.71. The highest BCUT2D eigenvalue weighted by molar-refractivity contribution is 5.33. The molecular weight excluding hydrogens is 330 g/mol. The number of nitrogens with one attached hydrogen (secondary N) is 1. The highest BCUT2D eigenvalue weighted by atomic mass is 16.3. The van der Waals surface area contributed by atoms with Crippen LogP contribution >= 0.6 is 0 Å². The lowest BCUT2D eigenvalue weighted by atomic mass is 9.63. The van der Waals surface area contributed by atoms with Crippen molar-refractivity contribution in [3.05, 3.63) is 108 Å². The van der Waals surface area contributed by atoms with Crippen molar-refractivity contribution in [1.82, 2.24) is 5.32 Å². The minimum absolute atomic E-state index is 0.0252. The van der Waals surface area contributed by atoms with Crippen molar-refractivity contribution in [2.24, 2.45) is 11.8 Å². The standard InChI is InChI=1S/C25H27NO/c1-18-23(20-12-6-3-7-13-20)26-24(21-14-8-4-9-15-21)19(2)25(18,27)22-16-10-5-11-17-22/h3-19,23-24,26-27H,1-2H3/t18-,19+,23-,24-,25?/m1/s1. The van der Waals surface area contributed by atoms with Crippen LogP contribution in [0, 0.1) is 11.8 Å². The Balaban J connectivity index is 1.84. The molecule has 0 spiro atoms. The topological polar surface area (TPSA) is 32.3 Å². The molecule has 0 bridgehead atoms. The lowest BCUT2D eigenvalue weighted by molar-refractivity contribution is -0.118. The Labute approximate surface area is 161 Å². The largest absolute Gasteiger partial charge is 0.384 e. The van der Waals surface area contributed by atoms with Gasteiger partial charge in [0.15, 0.2) is 0 Å². The van der Waals surface area contributed by atoms with Crippen LogP contribution in [-0.4, -0.2) is 5.11 Å². The summed E-state index contributed by atoms with van der Waals surface area (Å²) in [5.41, 5.74) is 2.50. The fourth-order valence-electron chi connectivity index (χ4n) is 4.73. The molecule has 2 heteroatoms. The second-order valence-electron chi connectivity index (χ2n) is 7.71. The SMILES string of the molecule is C[C@@H]1[C@H](c2ccccc2)N[C@@H](c2ccccc2)[C@H](C)C1(O)c1ccccc1. The summed E-state index contributed by atoms with van der Waals surface area (Å²) in [5, 5.41) is 16.0. The van der Waals surface area contributed by atoms with Crippen LogP contribution in [0.4, 0.5) is 0 Å². The van der Waals surface area contributed by atoms with Crippen LogP contribution in [0.3, 0.4) is 0 Å². The molecule has 1 aliphatic heterocycles. The molecular formula is C25H27NO. The summed E-state index contributed by atoms with van der Waals surface area (Å²) < 4.78 is 0. The summed E-state index contributed by atoms with van der Waals surface area (Å²) in [5.74, 6) is 0.0505. The molecule has 1 fully saturated rings. The Bertz CT molecular complexity index is 811. The molecule has 0 amide bonds. The van der Waals surface area contributed by atoms with E-state index >= 15 is 0 Å². The number of benzene rings is 3. The first kappa shape index (κ1) is 18.0. The van der Waals surface area contributed by atoms with Gasteiger partial charge in [-0.2, -0.15) is 0 Å². The van der Waals surface area contributed by atoms with Crippen molar-refractivity contribution >= 4 is 0 Å². The average molecular weight is 357 g/mol. The Hall–Kier alpha value is -2.42. The van der Waals surface area contributed by atoms with Gasteiger partial charge in [0.1, 0.15) is 0 Å². The van der Waals surface area contributed by atoms with E-state index in [1.54, 1.807) is 0 Å². The van der Waals surface area contributed by atoms with E-state index in [1.807, 2.05) is 30.3 Å². The Morgan fingerprint density at radius 1 is 0.630 bits per heavy atom. The molecule has 0 aliphatic carbocycles. The van der Waals surface area contributed by atoms with E-state index in [0.29, 0.717) is 0 Å². The molecule has 1 unspecified atom stereocenters. The maximum atomic E-state index is 12.1. The van der Waals surface area contributed by atoms with E-state index < -0.39 is 5.60 Å². The highest BCUT2D eigenvalue weighted by Crippen LogP contribution is 2.51. The molecule has 0 aromatic heterocycles. The van der Waals surface area contributed by atoms with E-state index in [9.17, 15) is 5.11 Å². The summed E-state index contributed by atoms with van der Waals surface area (Å²) in [6.07, 6.45) is 0. The molecule has 5 atom stereocenters. The Kier molecular flexibility index (Phi) is 4.86. The zero-order valence-electron chi connectivity index (χ0n) is 15.9. The lowest BCUT2D eigenvalue weighted by Crippen LogP contribution is -2.55. The number of hydrogen-bond donors (Lipinski definition) is 2. The van der Waals surface area contributed by atoms with Crippen LogP contribution in [-0.2, 0) is 5.60 Å². The maximum Gasteiger partial charge on any atom is 0.0983 e. The van der Waals surface area contributed by atoms with Crippen LogP contribution in [0.1, 0.15) is 42.6 Å². The third-order valence-corrected chi connectivity index (χ3v) is 6.30. The maximum absolute atomic E-state index is 12.1. The van der Waals surface area contributed by atoms with Crippen LogP contribution < -0.4 is 5.32 Å². The van der Waals surface area contributed by atoms with Crippen molar-refractivity contribution in [2.45, 2.75) is 31.5 Å². The molecule has 1 saturated heterocycles. The molecule has 1 heterocycles. The van der Waals surface area contributed by atoms with Gasteiger partial charge in [0.25, 0.3) is 0 Å². The van der Waals surface area contributed by atoms with Crippen LogP contribution in [0.2, 0.25) is 0 Å². The number of aliphatic hydroxyl groups is 1. The molecule has 138 valence electrons. The average Bonchev–Trinajstić information content (AvgIpc) is 2.74. The third kappa shape index (κ3) is 3.09. The molecule has 0 saturated carbocycles. The number of hydrogen-bond acceptors (Lipinski definition) is 2. The first-order valence-corrected chi connectivity index (χ1v) is 9.76. The Morgan fingerprint density at radius 2 is 1.00 bits per heavy atom. The number of rotatable bonds is 3. The summed E-state index contributed by atoms with van der Waals surface area (Å²) in [6.45, 7) is 4.32. The van der Waals surface area contributed by atoms with Gasteiger partial charge in [-0.25, -0.2) is 0 Å². The van der Waals surface area contributed by atoms with Crippen LogP contribution in [0.5, 0.6) is 0 Å². The van der Waals surface area contributed by atoms with E-state index in [-0.39, 0.29) is 23.9 Å². The fraction of sp³-hybridized carbons (Fsp3) is 0.280. The predicted molar refractivity (Wildman–Crippen MR) is 110 cm³/mol. The molecule has 4 rings (SSSR count). The van der Waals surface area contributed by atoms with Gasteiger partial charge >= 0.3 is 0 Å². The van der Waals surface area contributed by atoms with E-state index in [1.165, 1.54) is 11.1 Å². The first-order valence-electron chi connectivity index (χ1n) is 9.76. The third-order valence-electron chi connectivity index (χ3n) is 6.30. The van der Waals surface area contributed by atoms with E-state index in [0.717, 1.165) is 5.56 Å². The predicted octanol–water partition coefficient (Wildman–Crippen LogP) is 5.23. The molecule has 0 radical (unpaired) electrons. The van der Waals surface area contributed by atoms with Crippen LogP contribution in [0.25, 0.3) is 0 Å². The summed E-state index contributed by atoms with van der Waals surface area (Å²) in [7, 11) is 0. The fourth-order valence-corrected chi connectivity index (χ4v) is 4.73. The first-order chi connectivity index (χ1) is 13.1. The number of piperidine rings is 1. The van der Waals surface area contributed by atoms with E-state index in [4.69, 9.17) is 0 Å². The van der Waals surface area contributed by atoms with Crippen molar-refractivity contribution in [2.75, 3.05) is 0 Å². The molecule has 3 aromatic carbocycles. The molecule has 27 heavy (non-hydrogen) atoms. The van der Waals surface area contributed by atoms with Gasteiger partial charge in [0.05, 0.1) is 5.60 Å². The molecule has 1 aliphatic rings. The van der Waals surface area contributed by atoms with Crippen LogP contribution in [0.15, 0.2) is 91.0 Å². The van der Waals surface area contributed by atoms with Crippen molar-refractivity contribution in [3.63, 3.8) is 0 Å². The van der Waals surface area contributed by atoms with Gasteiger partial charge in [-0.1, -0.05) is 105 Å². The van der Waals surface area contributed by atoms with Crippen molar-refractivity contribution in [3.8, 4) is 0 Å². The smallest absolute Gasteiger partial charge is 0.0983 e. The van der Waals surface area contributed by atoms with Gasteiger partial charge in [-0.3, -0.25) is 0 Å². The quantitative estimate of drug-likeness (QED) is 0.672. The van der Waals surface area contributed by atoms with E-state index in [2.05, 4.69) is 79.8 Å². The summed E-state index contributed by atoms with van der Waals surface area (Å²) in [4.78, 5) is 0. The summed E-state index contributed by atoms with van der Waals surface area (Å²) >= 11 is 0. The molecule has 2 N–H and O–H groups in total. The zero-order valence-corrected chi connectivity index (χ0v) is 15.9. The summed E-state index contributed by atoms with van der Waals surface area (Å²) in [6, 6.07) is 31.3. The minimum Gasteiger partial charge on any atom is -0.384 e. The van der Waals surface area contributed by atoms with Gasteiger partial charge in [-0.05, 0) is 16.7 Å². The van der Waals surface area contributed by atoms with Gasteiger partial charge in [0, 0.05) is 23.9 Å².